The minimum absolute atomic E-state index is 0.0276. The lowest BCUT2D eigenvalue weighted by Crippen LogP contribution is -2.29. The molecule has 1 N–H and O–H groups in total. The van der Waals surface area contributed by atoms with Crippen LogP contribution in [0.15, 0.2) is 67.4 Å². The molecule has 3 aromatic rings. The summed E-state index contributed by atoms with van der Waals surface area (Å²) in [6.45, 7) is 0.724. The fourth-order valence-electron chi connectivity index (χ4n) is 4.66. The molecule has 1 saturated heterocycles. The number of nitrogens with one attached hydrogen (secondary N) is 1. The summed E-state index contributed by atoms with van der Waals surface area (Å²) >= 11 is 5.77. The van der Waals surface area contributed by atoms with E-state index in [1.54, 1.807) is 6.20 Å². The molecule has 29 heavy (non-hydrogen) atoms. The Morgan fingerprint density at radius 3 is 2.72 bits per heavy atom. The standard InChI is InChI=1S/C23H25N5S/c29-23-26-21(20-9-3-4-12-25-20)22(28(23)15-17-6-5-11-24-14-17)18-10-13-27(16-18)19-7-1-2-8-19/h3-6,9-14,16,19,21-22H,1-2,7-8,15H2,(H,26,29)/t21-,22-/m0/s1. The molecule has 0 amide bonds. The Hall–Kier alpha value is -2.73. The van der Waals surface area contributed by atoms with Gasteiger partial charge < -0.3 is 14.8 Å². The number of hydrogen-bond donors (Lipinski definition) is 1. The van der Waals surface area contributed by atoms with Crippen molar-refractivity contribution in [1.29, 1.82) is 0 Å². The lowest BCUT2D eigenvalue weighted by atomic mass is 9.99. The lowest BCUT2D eigenvalue weighted by molar-refractivity contribution is 0.310. The molecule has 2 fully saturated rings. The fraction of sp³-hybridized carbons (Fsp3) is 0.348. The Balaban J connectivity index is 1.50. The molecule has 1 saturated carbocycles. The molecule has 2 atom stereocenters. The molecule has 5 nitrogen and oxygen atoms in total. The van der Waals surface area contributed by atoms with Crippen LogP contribution in [0.3, 0.4) is 0 Å². The van der Waals surface area contributed by atoms with Crippen molar-refractivity contribution in [3.63, 3.8) is 0 Å². The van der Waals surface area contributed by atoms with Gasteiger partial charge >= 0.3 is 0 Å². The number of rotatable bonds is 5. The molecule has 0 aromatic carbocycles. The van der Waals surface area contributed by atoms with Crippen molar-refractivity contribution < 1.29 is 0 Å². The Kier molecular flexibility index (Phi) is 5.02. The minimum Gasteiger partial charge on any atom is -0.352 e. The summed E-state index contributed by atoms with van der Waals surface area (Å²) in [6.07, 6.45) is 15.3. The van der Waals surface area contributed by atoms with Crippen LogP contribution in [-0.2, 0) is 6.54 Å². The van der Waals surface area contributed by atoms with Crippen LogP contribution < -0.4 is 5.32 Å². The van der Waals surface area contributed by atoms with Gasteiger partial charge in [-0.05, 0) is 60.5 Å². The van der Waals surface area contributed by atoms with Gasteiger partial charge in [0.1, 0.15) is 0 Å². The topological polar surface area (TPSA) is 46.0 Å². The molecule has 1 aliphatic carbocycles. The predicted octanol–water partition coefficient (Wildman–Crippen LogP) is 4.57. The maximum atomic E-state index is 5.77. The highest BCUT2D eigenvalue weighted by Gasteiger charge is 2.40. The van der Waals surface area contributed by atoms with Crippen LogP contribution in [0.25, 0.3) is 0 Å². The van der Waals surface area contributed by atoms with Crippen LogP contribution in [0.4, 0.5) is 0 Å². The van der Waals surface area contributed by atoms with Gasteiger partial charge in [0.25, 0.3) is 0 Å². The molecule has 148 valence electrons. The fourth-order valence-corrected chi connectivity index (χ4v) is 4.97. The third-order valence-corrected chi connectivity index (χ3v) is 6.45. The zero-order valence-corrected chi connectivity index (χ0v) is 17.1. The summed E-state index contributed by atoms with van der Waals surface area (Å²) in [5, 5.41) is 4.30. The van der Waals surface area contributed by atoms with Crippen molar-refractivity contribution in [1.82, 2.24) is 24.8 Å². The minimum atomic E-state index is 0.0276. The van der Waals surface area contributed by atoms with Crippen LogP contribution in [0, 0.1) is 0 Å². The highest BCUT2D eigenvalue weighted by atomic mass is 32.1. The Morgan fingerprint density at radius 2 is 1.97 bits per heavy atom. The maximum absolute atomic E-state index is 5.77. The van der Waals surface area contributed by atoms with E-state index in [1.165, 1.54) is 31.2 Å². The smallest absolute Gasteiger partial charge is 0.170 e. The summed E-state index contributed by atoms with van der Waals surface area (Å²) in [5.74, 6) is 0. The zero-order valence-electron chi connectivity index (χ0n) is 16.3. The van der Waals surface area contributed by atoms with Crippen LogP contribution in [0.1, 0.15) is 60.6 Å². The summed E-state index contributed by atoms with van der Waals surface area (Å²) in [4.78, 5) is 11.2. The van der Waals surface area contributed by atoms with Crippen LogP contribution in [0.2, 0.25) is 0 Å². The molecule has 0 spiro atoms. The van der Waals surface area contributed by atoms with E-state index in [0.717, 1.165) is 22.9 Å². The average Bonchev–Trinajstić information content (AvgIpc) is 3.50. The van der Waals surface area contributed by atoms with Gasteiger partial charge in [-0.1, -0.05) is 25.0 Å². The highest BCUT2D eigenvalue weighted by Crippen LogP contribution is 2.40. The van der Waals surface area contributed by atoms with Gasteiger partial charge in [0, 0.05) is 43.6 Å². The molecule has 3 aromatic heterocycles. The molecular weight excluding hydrogens is 378 g/mol. The quantitative estimate of drug-likeness (QED) is 0.633. The molecule has 4 heterocycles. The van der Waals surface area contributed by atoms with E-state index in [1.807, 2.05) is 30.6 Å². The summed E-state index contributed by atoms with van der Waals surface area (Å²) in [5.41, 5.74) is 3.45. The van der Waals surface area contributed by atoms with Crippen LogP contribution in [0.5, 0.6) is 0 Å². The largest absolute Gasteiger partial charge is 0.352 e. The number of thiocarbonyl (C=S) groups is 1. The average molecular weight is 404 g/mol. The second-order valence-electron chi connectivity index (χ2n) is 7.95. The Morgan fingerprint density at radius 1 is 1.07 bits per heavy atom. The van der Waals surface area contributed by atoms with Gasteiger partial charge in [-0.25, -0.2) is 0 Å². The Bertz CT molecular complexity index is 965. The number of pyridine rings is 2. The third-order valence-electron chi connectivity index (χ3n) is 6.10. The number of aromatic nitrogens is 3. The van der Waals surface area contributed by atoms with Gasteiger partial charge in [0.15, 0.2) is 5.11 Å². The molecule has 1 aliphatic heterocycles. The summed E-state index contributed by atoms with van der Waals surface area (Å²) in [6, 6.07) is 13.2. The molecule has 5 rings (SSSR count). The SMILES string of the molecule is S=C1N[C@@H](c2ccccn2)[C@H](c2ccn(C3CCCC3)c2)N1Cc1cccnc1. The molecular formula is C23H25N5S. The first-order valence-corrected chi connectivity index (χ1v) is 10.7. The Labute approximate surface area is 176 Å². The number of nitrogens with zero attached hydrogens (tertiary/aromatic N) is 4. The van der Waals surface area contributed by atoms with E-state index >= 15 is 0 Å². The normalized spacial score (nSPS) is 22.2. The maximum Gasteiger partial charge on any atom is 0.170 e. The van der Waals surface area contributed by atoms with Gasteiger partial charge in [-0.2, -0.15) is 0 Å². The molecule has 0 bridgehead atoms. The summed E-state index contributed by atoms with van der Waals surface area (Å²) < 4.78 is 2.40. The lowest BCUT2D eigenvalue weighted by Gasteiger charge is -2.27. The molecule has 6 heteroatoms. The first-order chi connectivity index (χ1) is 14.3. The van der Waals surface area contributed by atoms with E-state index in [-0.39, 0.29) is 12.1 Å². The second kappa shape index (κ2) is 7.95. The van der Waals surface area contributed by atoms with Crippen molar-refractivity contribution in [3.8, 4) is 0 Å². The van der Waals surface area contributed by atoms with Crippen molar-refractivity contribution in [2.24, 2.45) is 0 Å². The first kappa shape index (κ1) is 18.3. The van der Waals surface area contributed by atoms with E-state index in [0.29, 0.717) is 6.04 Å². The monoisotopic (exact) mass is 403 g/mol. The highest BCUT2D eigenvalue weighted by molar-refractivity contribution is 7.80. The zero-order chi connectivity index (χ0) is 19.6. The van der Waals surface area contributed by atoms with E-state index in [4.69, 9.17) is 12.2 Å². The van der Waals surface area contributed by atoms with Crippen molar-refractivity contribution in [2.75, 3.05) is 0 Å². The van der Waals surface area contributed by atoms with E-state index in [2.05, 4.69) is 55.3 Å². The predicted molar refractivity (Wildman–Crippen MR) is 117 cm³/mol. The van der Waals surface area contributed by atoms with Crippen molar-refractivity contribution in [2.45, 2.75) is 50.4 Å². The van der Waals surface area contributed by atoms with Gasteiger partial charge in [-0.3, -0.25) is 9.97 Å². The number of hydrogen-bond acceptors (Lipinski definition) is 3. The molecule has 2 aliphatic rings. The van der Waals surface area contributed by atoms with E-state index in [9.17, 15) is 0 Å². The van der Waals surface area contributed by atoms with Crippen LogP contribution in [-0.4, -0.2) is 24.5 Å². The third kappa shape index (κ3) is 3.65. The molecule has 0 unspecified atom stereocenters. The van der Waals surface area contributed by atoms with Gasteiger partial charge in [0.2, 0.25) is 0 Å². The van der Waals surface area contributed by atoms with E-state index < -0.39 is 0 Å². The first-order valence-electron chi connectivity index (χ1n) is 10.3. The summed E-state index contributed by atoms with van der Waals surface area (Å²) in [7, 11) is 0. The van der Waals surface area contributed by atoms with Crippen molar-refractivity contribution in [3.05, 3.63) is 84.2 Å². The van der Waals surface area contributed by atoms with Crippen LogP contribution >= 0.6 is 12.2 Å². The second-order valence-corrected chi connectivity index (χ2v) is 8.33. The van der Waals surface area contributed by atoms with Crippen molar-refractivity contribution >= 4 is 17.3 Å². The van der Waals surface area contributed by atoms with Gasteiger partial charge in [0.05, 0.1) is 17.8 Å². The van der Waals surface area contributed by atoms with Gasteiger partial charge in [-0.15, -0.1) is 0 Å². The molecule has 0 radical (unpaired) electrons.